The molecule has 3 heterocycles. The number of carbonyl (C=O) groups is 1. The first kappa shape index (κ1) is 15.0. The fourth-order valence-electron chi connectivity index (χ4n) is 3.81. The number of benzene rings is 1. The van der Waals surface area contributed by atoms with Gasteiger partial charge in [0.25, 0.3) is 5.91 Å². The predicted octanol–water partition coefficient (Wildman–Crippen LogP) is 3.23. The minimum Gasteiger partial charge on any atom is -0.350 e. The Hall–Kier alpha value is -2.56. The van der Waals surface area contributed by atoms with Gasteiger partial charge in [-0.25, -0.2) is 0 Å². The molecule has 0 aliphatic carbocycles. The highest BCUT2D eigenvalue weighted by molar-refractivity contribution is 6.01. The van der Waals surface area contributed by atoms with Crippen molar-refractivity contribution >= 4 is 16.8 Å². The number of rotatable bonds is 4. The summed E-state index contributed by atoms with van der Waals surface area (Å²) in [5, 5.41) is 5.44. The number of aryl methyl sites for hydroxylation is 1. The number of nitrogens with one attached hydrogen (secondary N) is 1. The highest BCUT2D eigenvalue weighted by atomic mass is 16.2. The fourth-order valence-corrected chi connectivity index (χ4v) is 3.81. The van der Waals surface area contributed by atoms with Gasteiger partial charge in [0.1, 0.15) is 5.69 Å². The van der Waals surface area contributed by atoms with E-state index in [-0.39, 0.29) is 11.9 Å². The second-order valence-electron chi connectivity index (χ2n) is 6.40. The van der Waals surface area contributed by atoms with E-state index in [9.17, 15) is 4.79 Å². The number of para-hydroxylation sites is 1. The number of hydrogen-bond acceptors (Lipinski definition) is 2. The zero-order valence-corrected chi connectivity index (χ0v) is 13.9. The molecule has 1 aromatic carbocycles. The third-order valence-electron chi connectivity index (χ3n) is 4.98. The first-order chi connectivity index (χ1) is 11.8. The molecule has 0 saturated carbocycles. The highest BCUT2D eigenvalue weighted by Gasteiger charge is 2.31. The molecule has 5 heteroatoms. The Morgan fingerprint density at radius 3 is 3.00 bits per heavy atom. The van der Waals surface area contributed by atoms with E-state index < -0.39 is 0 Å². The smallest absolute Gasteiger partial charge is 0.270 e. The lowest BCUT2D eigenvalue weighted by Crippen LogP contribution is -2.38. The number of hydrogen-bond donors (Lipinski definition) is 1. The molecule has 1 N–H and O–H groups in total. The Morgan fingerprint density at radius 2 is 2.21 bits per heavy atom. The van der Waals surface area contributed by atoms with Gasteiger partial charge >= 0.3 is 0 Å². The van der Waals surface area contributed by atoms with Crippen molar-refractivity contribution in [2.45, 2.75) is 38.8 Å². The van der Waals surface area contributed by atoms with Crippen molar-refractivity contribution in [1.29, 1.82) is 0 Å². The van der Waals surface area contributed by atoms with Crippen LogP contribution < -0.4 is 0 Å². The van der Waals surface area contributed by atoms with E-state index in [2.05, 4.69) is 23.1 Å². The maximum Gasteiger partial charge on any atom is 0.270 e. The van der Waals surface area contributed by atoms with Gasteiger partial charge < -0.3 is 9.88 Å². The van der Waals surface area contributed by atoms with Gasteiger partial charge in [0.15, 0.2) is 0 Å². The highest BCUT2D eigenvalue weighted by Crippen LogP contribution is 2.27. The van der Waals surface area contributed by atoms with Gasteiger partial charge in [0.2, 0.25) is 0 Å². The average molecular weight is 322 g/mol. The summed E-state index contributed by atoms with van der Waals surface area (Å²) in [7, 11) is 0. The number of amides is 1. The molecular formula is C19H22N4O. The molecule has 1 fully saturated rings. The summed E-state index contributed by atoms with van der Waals surface area (Å²) in [6, 6.07) is 10.3. The van der Waals surface area contributed by atoms with E-state index in [1.165, 1.54) is 0 Å². The third-order valence-corrected chi connectivity index (χ3v) is 4.98. The topological polar surface area (TPSA) is 53.9 Å². The van der Waals surface area contributed by atoms with Gasteiger partial charge in [-0.05, 0) is 37.0 Å². The molecule has 1 aliphatic heterocycles. The summed E-state index contributed by atoms with van der Waals surface area (Å²) < 4.78 is 1.92. The van der Waals surface area contributed by atoms with E-state index in [4.69, 9.17) is 0 Å². The molecule has 3 aromatic rings. The molecule has 124 valence electrons. The lowest BCUT2D eigenvalue weighted by atomic mass is 10.1. The van der Waals surface area contributed by atoms with E-state index in [0.29, 0.717) is 0 Å². The minimum absolute atomic E-state index is 0.123. The quantitative estimate of drug-likeness (QED) is 0.802. The number of aromatic amines is 1. The van der Waals surface area contributed by atoms with Crippen LogP contribution in [0.3, 0.4) is 0 Å². The van der Waals surface area contributed by atoms with Crippen LogP contribution in [0.5, 0.6) is 0 Å². The van der Waals surface area contributed by atoms with Gasteiger partial charge in [0, 0.05) is 29.8 Å². The zero-order valence-electron chi connectivity index (χ0n) is 13.9. The lowest BCUT2D eigenvalue weighted by molar-refractivity contribution is 0.0715. The van der Waals surface area contributed by atoms with Crippen molar-refractivity contribution in [1.82, 2.24) is 19.7 Å². The molecular weight excluding hydrogens is 300 g/mol. The predicted molar refractivity (Wildman–Crippen MR) is 94.0 cm³/mol. The average Bonchev–Trinajstić information content (AvgIpc) is 3.33. The molecule has 1 amide bonds. The van der Waals surface area contributed by atoms with Gasteiger partial charge in [-0.15, -0.1) is 0 Å². The van der Waals surface area contributed by atoms with Crippen LogP contribution in [0.4, 0.5) is 0 Å². The lowest BCUT2D eigenvalue weighted by Gasteiger charge is -2.24. The minimum atomic E-state index is 0.123. The molecule has 0 bridgehead atoms. The molecule has 1 atom stereocenters. The number of likely N-dealkylation sites (tertiary alicyclic amines) is 1. The summed E-state index contributed by atoms with van der Waals surface area (Å²) >= 11 is 0. The van der Waals surface area contributed by atoms with E-state index >= 15 is 0 Å². The normalized spacial score (nSPS) is 17.7. The van der Waals surface area contributed by atoms with Crippen LogP contribution in [0.2, 0.25) is 0 Å². The van der Waals surface area contributed by atoms with Crippen molar-refractivity contribution in [3.05, 3.63) is 54.0 Å². The molecule has 5 nitrogen and oxygen atoms in total. The van der Waals surface area contributed by atoms with E-state index in [1.54, 1.807) is 6.20 Å². The zero-order chi connectivity index (χ0) is 16.5. The van der Waals surface area contributed by atoms with Gasteiger partial charge in [-0.2, -0.15) is 5.10 Å². The summed E-state index contributed by atoms with van der Waals surface area (Å²) in [6.07, 6.45) is 6.69. The van der Waals surface area contributed by atoms with Crippen LogP contribution in [0.15, 0.2) is 42.7 Å². The Labute approximate surface area is 141 Å². The Morgan fingerprint density at radius 1 is 1.33 bits per heavy atom. The van der Waals surface area contributed by atoms with Gasteiger partial charge in [0.05, 0.1) is 12.6 Å². The number of carbonyl (C=O) groups excluding carboxylic acids is 1. The number of fused-ring (bicyclic) bond motifs is 1. The van der Waals surface area contributed by atoms with Gasteiger partial charge in [-0.1, -0.05) is 25.1 Å². The second kappa shape index (κ2) is 6.15. The molecule has 0 spiro atoms. The summed E-state index contributed by atoms with van der Waals surface area (Å²) in [5.74, 6) is 0.123. The maximum atomic E-state index is 13.2. The molecule has 24 heavy (non-hydrogen) atoms. The first-order valence-corrected chi connectivity index (χ1v) is 8.66. The standard InChI is InChI=1S/C19H22N4O/c1-2-15-16-8-3-4-9-17(16)21-18(15)19(24)23-12-5-7-14(23)13-22-11-6-10-20-22/h3-4,6,8-11,14,21H,2,5,7,12-13H2,1H3/t14-/m1/s1. The Kier molecular flexibility index (Phi) is 3.84. The first-order valence-electron chi connectivity index (χ1n) is 8.66. The molecule has 2 aromatic heterocycles. The monoisotopic (exact) mass is 322 g/mol. The van der Waals surface area contributed by atoms with Crippen molar-refractivity contribution in [3.63, 3.8) is 0 Å². The van der Waals surface area contributed by atoms with Crippen LogP contribution in [0.25, 0.3) is 10.9 Å². The maximum absolute atomic E-state index is 13.2. The van der Waals surface area contributed by atoms with Crippen molar-refractivity contribution in [2.24, 2.45) is 0 Å². The number of nitrogens with zero attached hydrogens (tertiary/aromatic N) is 3. The van der Waals surface area contributed by atoms with Crippen LogP contribution in [0.1, 0.15) is 35.8 Å². The van der Waals surface area contributed by atoms with Crippen molar-refractivity contribution in [3.8, 4) is 0 Å². The van der Waals surface area contributed by atoms with Crippen LogP contribution in [-0.4, -0.2) is 38.2 Å². The Balaban J connectivity index is 1.65. The molecule has 0 radical (unpaired) electrons. The van der Waals surface area contributed by atoms with E-state index in [0.717, 1.165) is 54.5 Å². The molecule has 0 unspecified atom stereocenters. The van der Waals surface area contributed by atoms with E-state index in [1.807, 2.05) is 40.0 Å². The third kappa shape index (κ3) is 2.50. The molecule has 1 aliphatic rings. The van der Waals surface area contributed by atoms with Crippen LogP contribution >= 0.6 is 0 Å². The van der Waals surface area contributed by atoms with Crippen molar-refractivity contribution in [2.75, 3.05) is 6.54 Å². The SMILES string of the molecule is CCc1c(C(=O)N2CCC[C@@H]2Cn2cccn2)[nH]c2ccccc12. The molecule has 1 saturated heterocycles. The van der Waals surface area contributed by atoms with Crippen LogP contribution in [0, 0.1) is 0 Å². The number of aromatic nitrogens is 3. The summed E-state index contributed by atoms with van der Waals surface area (Å²) in [4.78, 5) is 18.6. The Bertz CT molecular complexity index is 850. The number of H-pyrrole nitrogens is 1. The van der Waals surface area contributed by atoms with Gasteiger partial charge in [-0.3, -0.25) is 9.48 Å². The van der Waals surface area contributed by atoms with Crippen LogP contribution in [-0.2, 0) is 13.0 Å². The second-order valence-corrected chi connectivity index (χ2v) is 6.40. The van der Waals surface area contributed by atoms with Crippen molar-refractivity contribution < 1.29 is 4.79 Å². The largest absolute Gasteiger partial charge is 0.350 e. The fraction of sp³-hybridized carbons (Fsp3) is 0.368. The molecule has 4 rings (SSSR count). The summed E-state index contributed by atoms with van der Waals surface area (Å²) in [6.45, 7) is 3.70. The summed E-state index contributed by atoms with van der Waals surface area (Å²) in [5.41, 5.74) is 2.92.